The molecule has 0 aliphatic carbocycles. The molecule has 1 fully saturated rings. The molecule has 5 heteroatoms. The number of piperazine rings is 1. The number of benzene rings is 1. The lowest BCUT2D eigenvalue weighted by Crippen LogP contribution is -2.46. The van der Waals surface area contributed by atoms with E-state index in [1.54, 1.807) is 0 Å². The molecule has 0 saturated carbocycles. The number of hydrogen-bond donors (Lipinski definition) is 1. The lowest BCUT2D eigenvalue weighted by atomic mass is 10.0. The molecule has 18 heavy (non-hydrogen) atoms. The summed E-state index contributed by atoms with van der Waals surface area (Å²) in [6, 6.07) is 9.75. The molecular formula is C13H17F3N2. The molecule has 0 bridgehead atoms. The molecule has 2 rings (SSSR count). The maximum absolute atomic E-state index is 12.3. The van der Waals surface area contributed by atoms with Crippen LogP contribution in [-0.2, 0) is 0 Å². The van der Waals surface area contributed by atoms with Gasteiger partial charge < -0.3 is 5.32 Å². The van der Waals surface area contributed by atoms with Crippen molar-refractivity contribution in [1.82, 2.24) is 10.2 Å². The Morgan fingerprint density at radius 3 is 2.61 bits per heavy atom. The van der Waals surface area contributed by atoms with Gasteiger partial charge in [0.1, 0.15) is 0 Å². The quantitative estimate of drug-likeness (QED) is 0.896. The van der Waals surface area contributed by atoms with E-state index in [0.717, 1.165) is 12.1 Å². The van der Waals surface area contributed by atoms with Crippen molar-refractivity contribution in [2.75, 3.05) is 26.2 Å². The van der Waals surface area contributed by atoms with Crippen molar-refractivity contribution in [3.63, 3.8) is 0 Å². The second-order valence-electron chi connectivity index (χ2n) is 4.53. The third-order valence-corrected chi connectivity index (χ3v) is 3.22. The molecule has 0 radical (unpaired) electrons. The van der Waals surface area contributed by atoms with E-state index in [0.29, 0.717) is 13.1 Å². The van der Waals surface area contributed by atoms with Crippen LogP contribution in [0.15, 0.2) is 30.3 Å². The molecule has 1 heterocycles. The summed E-state index contributed by atoms with van der Waals surface area (Å²) in [7, 11) is 0. The van der Waals surface area contributed by atoms with Crippen molar-refractivity contribution in [2.45, 2.75) is 18.6 Å². The molecule has 0 amide bonds. The second-order valence-corrected chi connectivity index (χ2v) is 4.53. The summed E-state index contributed by atoms with van der Waals surface area (Å²) < 4.78 is 36.9. The van der Waals surface area contributed by atoms with Gasteiger partial charge in [-0.05, 0) is 5.56 Å². The smallest absolute Gasteiger partial charge is 0.314 e. The molecule has 1 N–H and O–H groups in total. The Kier molecular flexibility index (Phi) is 4.24. The largest absolute Gasteiger partial charge is 0.390 e. The summed E-state index contributed by atoms with van der Waals surface area (Å²) in [4.78, 5) is 1.92. The molecule has 1 aromatic rings. The molecule has 1 atom stereocenters. The predicted molar refractivity (Wildman–Crippen MR) is 64.3 cm³/mol. The fraction of sp³-hybridized carbons (Fsp3) is 0.538. The highest BCUT2D eigenvalue weighted by molar-refractivity contribution is 5.20. The average Bonchev–Trinajstić information content (AvgIpc) is 2.37. The van der Waals surface area contributed by atoms with Gasteiger partial charge >= 0.3 is 6.18 Å². The lowest BCUT2D eigenvalue weighted by Gasteiger charge is -2.36. The zero-order valence-electron chi connectivity index (χ0n) is 10.1. The van der Waals surface area contributed by atoms with E-state index >= 15 is 0 Å². The van der Waals surface area contributed by atoms with Gasteiger partial charge in [0.25, 0.3) is 0 Å². The Morgan fingerprint density at radius 2 is 1.94 bits per heavy atom. The second kappa shape index (κ2) is 5.71. The maximum Gasteiger partial charge on any atom is 0.390 e. The minimum absolute atomic E-state index is 0.0438. The highest BCUT2D eigenvalue weighted by Crippen LogP contribution is 2.25. The molecule has 100 valence electrons. The van der Waals surface area contributed by atoms with Crippen LogP contribution >= 0.6 is 0 Å². The average molecular weight is 258 g/mol. The van der Waals surface area contributed by atoms with Crippen LogP contribution in [0, 0.1) is 0 Å². The number of alkyl halides is 3. The molecule has 0 unspecified atom stereocenters. The number of nitrogens with one attached hydrogen (secondary N) is 1. The fourth-order valence-corrected chi connectivity index (χ4v) is 2.29. The Bertz CT molecular complexity index is 364. The van der Waals surface area contributed by atoms with Crippen LogP contribution in [0.1, 0.15) is 18.0 Å². The Morgan fingerprint density at radius 1 is 1.22 bits per heavy atom. The first-order valence-corrected chi connectivity index (χ1v) is 6.13. The van der Waals surface area contributed by atoms with E-state index < -0.39 is 12.6 Å². The van der Waals surface area contributed by atoms with E-state index in [1.807, 2.05) is 35.2 Å². The SMILES string of the molecule is FC(F)(F)CCN1CCNC[C@@H]1c1ccccc1. The number of hydrogen-bond acceptors (Lipinski definition) is 2. The minimum Gasteiger partial charge on any atom is -0.314 e. The highest BCUT2D eigenvalue weighted by atomic mass is 19.4. The van der Waals surface area contributed by atoms with Crippen molar-refractivity contribution in [1.29, 1.82) is 0 Å². The summed E-state index contributed by atoms with van der Waals surface area (Å²) in [5.41, 5.74) is 1.08. The van der Waals surface area contributed by atoms with E-state index in [4.69, 9.17) is 0 Å². The summed E-state index contributed by atoms with van der Waals surface area (Å²) in [6.07, 6.45) is -4.82. The van der Waals surface area contributed by atoms with Crippen LogP contribution < -0.4 is 5.32 Å². The number of rotatable bonds is 3. The van der Waals surface area contributed by atoms with Crippen molar-refractivity contribution < 1.29 is 13.2 Å². The van der Waals surface area contributed by atoms with Gasteiger partial charge in [-0.15, -0.1) is 0 Å². The topological polar surface area (TPSA) is 15.3 Å². The van der Waals surface area contributed by atoms with Gasteiger partial charge in [0.2, 0.25) is 0 Å². The molecule has 0 spiro atoms. The van der Waals surface area contributed by atoms with Crippen molar-refractivity contribution >= 4 is 0 Å². The third-order valence-electron chi connectivity index (χ3n) is 3.22. The highest BCUT2D eigenvalue weighted by Gasteiger charge is 2.31. The summed E-state index contributed by atoms with van der Waals surface area (Å²) >= 11 is 0. The normalized spacial score (nSPS) is 22.1. The van der Waals surface area contributed by atoms with Crippen molar-refractivity contribution in [3.05, 3.63) is 35.9 Å². The minimum atomic E-state index is -4.08. The van der Waals surface area contributed by atoms with E-state index in [-0.39, 0.29) is 12.6 Å². The van der Waals surface area contributed by atoms with Crippen LogP contribution in [0.3, 0.4) is 0 Å². The van der Waals surface area contributed by atoms with Gasteiger partial charge in [0, 0.05) is 32.2 Å². The zero-order chi connectivity index (χ0) is 13.0. The van der Waals surface area contributed by atoms with Crippen LogP contribution in [0.25, 0.3) is 0 Å². The Balaban J connectivity index is 2.02. The van der Waals surface area contributed by atoms with Crippen LogP contribution in [0.4, 0.5) is 13.2 Å². The number of halogens is 3. The molecule has 2 nitrogen and oxygen atoms in total. The standard InChI is InChI=1S/C13H17F3N2/c14-13(15,16)6-8-18-9-7-17-10-12(18)11-4-2-1-3-5-11/h1-5,12,17H,6-10H2/t12-/m1/s1. The predicted octanol–water partition coefficient (Wildman–Crippen LogP) is 2.59. The number of nitrogens with zero attached hydrogens (tertiary/aromatic N) is 1. The monoisotopic (exact) mass is 258 g/mol. The fourth-order valence-electron chi connectivity index (χ4n) is 2.29. The summed E-state index contributed by atoms with van der Waals surface area (Å²) in [5, 5.41) is 3.24. The lowest BCUT2D eigenvalue weighted by molar-refractivity contribution is -0.139. The van der Waals surface area contributed by atoms with Gasteiger partial charge in [-0.2, -0.15) is 13.2 Å². The van der Waals surface area contributed by atoms with E-state index in [9.17, 15) is 13.2 Å². The summed E-state index contributed by atoms with van der Waals surface area (Å²) in [6.45, 7) is 2.20. The van der Waals surface area contributed by atoms with Crippen molar-refractivity contribution in [3.8, 4) is 0 Å². The molecule has 1 saturated heterocycles. The van der Waals surface area contributed by atoms with E-state index in [2.05, 4.69) is 5.32 Å². The third kappa shape index (κ3) is 3.71. The van der Waals surface area contributed by atoms with Crippen LogP contribution in [0.2, 0.25) is 0 Å². The molecule has 0 aromatic heterocycles. The Hall–Kier alpha value is -1.07. The first-order valence-electron chi connectivity index (χ1n) is 6.13. The molecular weight excluding hydrogens is 241 g/mol. The van der Waals surface area contributed by atoms with E-state index in [1.165, 1.54) is 0 Å². The molecule has 1 aromatic carbocycles. The van der Waals surface area contributed by atoms with Gasteiger partial charge in [-0.1, -0.05) is 30.3 Å². The summed E-state index contributed by atoms with van der Waals surface area (Å²) in [5.74, 6) is 0. The van der Waals surface area contributed by atoms with Gasteiger partial charge in [0.05, 0.1) is 6.42 Å². The maximum atomic E-state index is 12.3. The first-order chi connectivity index (χ1) is 8.56. The van der Waals surface area contributed by atoms with Crippen LogP contribution in [0.5, 0.6) is 0 Å². The zero-order valence-corrected chi connectivity index (χ0v) is 10.1. The van der Waals surface area contributed by atoms with Gasteiger partial charge in [-0.25, -0.2) is 0 Å². The Labute approximate surface area is 105 Å². The van der Waals surface area contributed by atoms with Gasteiger partial charge in [-0.3, -0.25) is 4.90 Å². The van der Waals surface area contributed by atoms with Crippen LogP contribution in [-0.4, -0.2) is 37.3 Å². The first kappa shape index (κ1) is 13.4. The molecule has 1 aliphatic heterocycles. The van der Waals surface area contributed by atoms with Gasteiger partial charge in [0.15, 0.2) is 0 Å². The van der Waals surface area contributed by atoms with Crippen molar-refractivity contribution in [2.24, 2.45) is 0 Å². The molecule has 1 aliphatic rings.